The van der Waals surface area contributed by atoms with Crippen molar-refractivity contribution in [3.05, 3.63) is 59.2 Å². The molecule has 2 N–H and O–H groups in total. The minimum atomic E-state index is -0.729. The van der Waals surface area contributed by atoms with E-state index in [2.05, 4.69) is 23.5 Å². The van der Waals surface area contributed by atoms with E-state index in [1.807, 2.05) is 45.0 Å². The summed E-state index contributed by atoms with van der Waals surface area (Å²) in [6, 6.07) is 14.1. The van der Waals surface area contributed by atoms with Gasteiger partial charge in [0.1, 0.15) is 11.9 Å². The number of nitrogens with one attached hydrogen (secondary N) is 1. The molecule has 154 valence electrons. The van der Waals surface area contributed by atoms with Crippen molar-refractivity contribution in [1.82, 2.24) is 0 Å². The number of aliphatic carboxylic acids is 1. The van der Waals surface area contributed by atoms with Crippen molar-refractivity contribution in [3.63, 3.8) is 0 Å². The van der Waals surface area contributed by atoms with Gasteiger partial charge in [-0.25, -0.2) is 0 Å². The average molecular weight is 395 g/mol. The number of carbonyl (C=O) groups excluding carboxylic acids is 1. The van der Waals surface area contributed by atoms with E-state index in [0.717, 1.165) is 48.2 Å². The summed E-state index contributed by atoms with van der Waals surface area (Å²) in [4.78, 5) is 22.7. The van der Waals surface area contributed by atoms with Crippen molar-refractivity contribution in [1.29, 1.82) is 0 Å². The Morgan fingerprint density at radius 2 is 1.93 bits per heavy atom. The standard InChI is InChI=1S/C24H29NO4/c1-16(18-10-7-9-17(14-18)8-5-4-6-11-22(26)27)29-19-12-13-20-21(15-19)25-23(28)24(20,2)3/h7,9-10,12-16H,4-6,8,11H2,1-3H3,(H,25,28)(H,26,27). The van der Waals surface area contributed by atoms with Crippen molar-refractivity contribution in [2.45, 2.75) is 64.4 Å². The van der Waals surface area contributed by atoms with Crippen molar-refractivity contribution in [3.8, 4) is 5.75 Å². The highest BCUT2D eigenvalue weighted by atomic mass is 16.5. The van der Waals surface area contributed by atoms with E-state index in [-0.39, 0.29) is 18.4 Å². The van der Waals surface area contributed by atoms with E-state index in [9.17, 15) is 9.59 Å². The summed E-state index contributed by atoms with van der Waals surface area (Å²) < 4.78 is 6.14. The fourth-order valence-corrected chi connectivity index (χ4v) is 3.70. The van der Waals surface area contributed by atoms with Gasteiger partial charge in [-0.15, -0.1) is 0 Å². The second-order valence-electron chi connectivity index (χ2n) is 8.25. The number of aryl methyl sites for hydroxylation is 1. The molecule has 5 nitrogen and oxygen atoms in total. The summed E-state index contributed by atoms with van der Waals surface area (Å²) in [5.41, 5.74) is 3.62. The first-order valence-electron chi connectivity index (χ1n) is 10.2. The fourth-order valence-electron chi connectivity index (χ4n) is 3.70. The van der Waals surface area contributed by atoms with Gasteiger partial charge in [-0.1, -0.05) is 36.8 Å². The van der Waals surface area contributed by atoms with Crippen LogP contribution < -0.4 is 10.1 Å². The number of benzene rings is 2. The topological polar surface area (TPSA) is 75.6 Å². The zero-order valence-electron chi connectivity index (χ0n) is 17.3. The lowest BCUT2D eigenvalue weighted by molar-refractivity contribution is -0.137. The molecule has 0 radical (unpaired) electrons. The minimum absolute atomic E-state index is 0.00811. The monoisotopic (exact) mass is 395 g/mol. The van der Waals surface area contributed by atoms with Crippen molar-refractivity contribution in [2.24, 2.45) is 0 Å². The Morgan fingerprint density at radius 3 is 2.69 bits per heavy atom. The fraction of sp³-hybridized carbons (Fsp3) is 0.417. The summed E-state index contributed by atoms with van der Waals surface area (Å²) in [7, 11) is 0. The maximum absolute atomic E-state index is 12.1. The number of anilines is 1. The number of carbonyl (C=O) groups is 2. The van der Waals surface area contributed by atoms with Gasteiger partial charge in [0.05, 0.1) is 5.41 Å². The quantitative estimate of drug-likeness (QED) is 0.569. The van der Waals surface area contributed by atoms with E-state index in [1.54, 1.807) is 0 Å². The first kappa shape index (κ1) is 20.9. The molecule has 1 unspecified atom stereocenters. The molecule has 0 fully saturated rings. The largest absolute Gasteiger partial charge is 0.486 e. The molecule has 1 heterocycles. The van der Waals surface area contributed by atoms with E-state index >= 15 is 0 Å². The highest BCUT2D eigenvalue weighted by Crippen LogP contribution is 2.39. The van der Waals surface area contributed by atoms with Gasteiger partial charge < -0.3 is 15.2 Å². The first-order valence-corrected chi connectivity index (χ1v) is 10.2. The number of ether oxygens (including phenoxy) is 1. The van der Waals surface area contributed by atoms with Gasteiger partial charge in [-0.05, 0) is 62.8 Å². The SMILES string of the molecule is CC(Oc1ccc2c(c1)NC(=O)C2(C)C)c1cccc(CCCCCC(=O)O)c1. The van der Waals surface area contributed by atoms with Crippen LogP contribution >= 0.6 is 0 Å². The van der Waals surface area contributed by atoms with Gasteiger partial charge in [-0.3, -0.25) is 9.59 Å². The predicted octanol–water partition coefficient (Wildman–Crippen LogP) is 5.24. The molecule has 0 spiro atoms. The van der Waals surface area contributed by atoms with E-state index in [0.29, 0.717) is 0 Å². The zero-order valence-corrected chi connectivity index (χ0v) is 17.3. The Bertz CT molecular complexity index is 904. The van der Waals surface area contributed by atoms with E-state index in [1.165, 1.54) is 5.56 Å². The Labute approximate surface area is 172 Å². The molecule has 3 rings (SSSR count). The number of amides is 1. The second kappa shape index (κ2) is 8.68. The second-order valence-corrected chi connectivity index (χ2v) is 8.25. The maximum Gasteiger partial charge on any atom is 0.303 e. The van der Waals surface area contributed by atoms with Crippen LogP contribution in [-0.2, 0) is 21.4 Å². The predicted molar refractivity (Wildman–Crippen MR) is 113 cm³/mol. The summed E-state index contributed by atoms with van der Waals surface area (Å²) in [6.07, 6.45) is 3.67. The number of rotatable bonds is 9. The molecular weight excluding hydrogens is 366 g/mol. The number of hydrogen-bond acceptors (Lipinski definition) is 3. The smallest absolute Gasteiger partial charge is 0.303 e. The van der Waals surface area contributed by atoms with Crippen LogP contribution in [0.3, 0.4) is 0 Å². The van der Waals surface area contributed by atoms with Crippen LogP contribution in [0, 0.1) is 0 Å². The van der Waals surface area contributed by atoms with Crippen LogP contribution in [0.4, 0.5) is 5.69 Å². The van der Waals surface area contributed by atoms with Crippen molar-refractivity contribution in [2.75, 3.05) is 5.32 Å². The molecule has 1 aliphatic heterocycles. The molecule has 2 aromatic rings. The maximum atomic E-state index is 12.1. The number of carboxylic acid groups (broad SMARTS) is 1. The Kier molecular flexibility index (Phi) is 6.26. The Balaban J connectivity index is 1.60. The summed E-state index contributed by atoms with van der Waals surface area (Å²) >= 11 is 0. The molecule has 2 aromatic carbocycles. The van der Waals surface area contributed by atoms with E-state index in [4.69, 9.17) is 9.84 Å². The third-order valence-corrected chi connectivity index (χ3v) is 5.57. The van der Waals surface area contributed by atoms with Gasteiger partial charge in [0.2, 0.25) is 5.91 Å². The Morgan fingerprint density at radius 1 is 1.14 bits per heavy atom. The van der Waals surface area contributed by atoms with E-state index < -0.39 is 11.4 Å². The molecule has 0 bridgehead atoms. The normalized spacial score (nSPS) is 15.5. The first-order chi connectivity index (χ1) is 13.8. The molecule has 1 amide bonds. The lowest BCUT2D eigenvalue weighted by atomic mass is 9.86. The van der Waals surface area contributed by atoms with Gasteiger partial charge in [0.15, 0.2) is 0 Å². The lowest BCUT2D eigenvalue weighted by Crippen LogP contribution is -2.26. The molecule has 1 aliphatic rings. The lowest BCUT2D eigenvalue weighted by Gasteiger charge is -2.18. The van der Waals surface area contributed by atoms with Crippen molar-refractivity contribution < 1.29 is 19.4 Å². The third kappa shape index (κ3) is 4.97. The number of fused-ring (bicyclic) bond motifs is 1. The molecule has 0 aromatic heterocycles. The van der Waals surface area contributed by atoms with Crippen LogP contribution in [0.5, 0.6) is 5.75 Å². The number of carboxylic acids is 1. The van der Waals surface area contributed by atoms with Crippen LogP contribution in [0.2, 0.25) is 0 Å². The van der Waals surface area contributed by atoms with Gasteiger partial charge in [-0.2, -0.15) is 0 Å². The minimum Gasteiger partial charge on any atom is -0.486 e. The highest BCUT2D eigenvalue weighted by Gasteiger charge is 2.38. The number of unbranched alkanes of at least 4 members (excludes halogenated alkanes) is 2. The van der Waals surface area contributed by atoms with Crippen LogP contribution in [-0.4, -0.2) is 17.0 Å². The molecular formula is C24H29NO4. The molecule has 0 saturated heterocycles. The zero-order chi connectivity index (χ0) is 21.0. The highest BCUT2D eigenvalue weighted by molar-refractivity contribution is 6.05. The summed E-state index contributed by atoms with van der Waals surface area (Å²) in [6.45, 7) is 5.86. The number of hydrogen-bond donors (Lipinski definition) is 2. The molecule has 1 atom stereocenters. The summed E-state index contributed by atoms with van der Waals surface area (Å²) in [5.74, 6) is 0.00901. The summed E-state index contributed by atoms with van der Waals surface area (Å²) in [5, 5.41) is 11.6. The molecule has 29 heavy (non-hydrogen) atoms. The molecule has 0 aliphatic carbocycles. The van der Waals surface area contributed by atoms with Crippen LogP contribution in [0.1, 0.15) is 69.2 Å². The molecule has 0 saturated carbocycles. The van der Waals surface area contributed by atoms with Crippen molar-refractivity contribution >= 4 is 17.6 Å². The third-order valence-electron chi connectivity index (χ3n) is 5.57. The molecule has 5 heteroatoms. The van der Waals surface area contributed by atoms with Crippen LogP contribution in [0.15, 0.2) is 42.5 Å². The van der Waals surface area contributed by atoms with Crippen LogP contribution in [0.25, 0.3) is 0 Å². The van der Waals surface area contributed by atoms with Gasteiger partial charge in [0, 0.05) is 18.2 Å². The average Bonchev–Trinajstić information content (AvgIpc) is 2.89. The Hall–Kier alpha value is -2.82. The van der Waals surface area contributed by atoms with Gasteiger partial charge in [0.25, 0.3) is 0 Å². The van der Waals surface area contributed by atoms with Gasteiger partial charge >= 0.3 is 5.97 Å².